The van der Waals surface area contributed by atoms with E-state index in [4.69, 9.17) is 9.47 Å². The largest absolute Gasteiger partial charge is 0.493 e. The molecule has 2 aliphatic heterocycles. The number of ether oxygens (including phenoxy) is 2. The van der Waals surface area contributed by atoms with Crippen LogP contribution in [0.15, 0.2) is 36.4 Å². The van der Waals surface area contributed by atoms with E-state index in [2.05, 4.69) is 30.4 Å². The van der Waals surface area contributed by atoms with E-state index in [9.17, 15) is 4.79 Å². The summed E-state index contributed by atoms with van der Waals surface area (Å²) in [5.41, 5.74) is 2.08. The number of hydrogen-bond acceptors (Lipinski definition) is 5. The molecule has 1 N–H and O–H groups in total. The number of amides is 1. The summed E-state index contributed by atoms with van der Waals surface area (Å²) >= 11 is 1.75. The minimum Gasteiger partial charge on any atom is -0.493 e. The molecule has 2 aromatic rings. The lowest BCUT2D eigenvalue weighted by Crippen LogP contribution is -2.44. The Bertz CT molecular complexity index is 865. The molecule has 4 rings (SSSR count). The SMILES string of the molecule is COc1cc(-c2ccc(C)s2)cc2c1OCCN(C(=O)C1C=CCN1)C2.Cl. The number of halogens is 1. The fourth-order valence-electron chi connectivity index (χ4n) is 3.39. The summed E-state index contributed by atoms with van der Waals surface area (Å²) in [7, 11) is 1.66. The Morgan fingerprint density at radius 1 is 1.37 bits per heavy atom. The van der Waals surface area contributed by atoms with Gasteiger partial charge in [0.25, 0.3) is 0 Å². The van der Waals surface area contributed by atoms with Gasteiger partial charge in [-0.05, 0) is 36.8 Å². The molecule has 0 fully saturated rings. The van der Waals surface area contributed by atoms with Gasteiger partial charge in [-0.2, -0.15) is 0 Å². The first-order chi connectivity index (χ1) is 12.7. The molecule has 1 atom stereocenters. The average Bonchev–Trinajstić information content (AvgIpc) is 3.28. The second-order valence-corrected chi connectivity index (χ2v) is 7.79. The lowest BCUT2D eigenvalue weighted by atomic mass is 10.1. The van der Waals surface area contributed by atoms with Crippen LogP contribution in [0.1, 0.15) is 10.4 Å². The van der Waals surface area contributed by atoms with E-state index in [-0.39, 0.29) is 24.4 Å². The van der Waals surface area contributed by atoms with Crippen LogP contribution in [0.5, 0.6) is 11.5 Å². The van der Waals surface area contributed by atoms with Crippen LogP contribution >= 0.6 is 23.7 Å². The summed E-state index contributed by atoms with van der Waals surface area (Å²) in [6.07, 6.45) is 3.92. The first-order valence-electron chi connectivity index (χ1n) is 8.75. The Balaban J connectivity index is 0.00000210. The van der Waals surface area contributed by atoms with E-state index in [0.717, 1.165) is 29.2 Å². The third-order valence-electron chi connectivity index (χ3n) is 4.71. The highest BCUT2D eigenvalue weighted by molar-refractivity contribution is 7.15. The number of benzene rings is 1. The van der Waals surface area contributed by atoms with Crippen molar-refractivity contribution in [2.75, 3.05) is 26.8 Å². The second kappa shape index (κ2) is 8.33. The number of hydrogen-bond donors (Lipinski definition) is 1. The van der Waals surface area contributed by atoms with Gasteiger partial charge in [0.15, 0.2) is 11.5 Å². The summed E-state index contributed by atoms with van der Waals surface area (Å²) in [6, 6.07) is 8.13. The van der Waals surface area contributed by atoms with E-state index < -0.39 is 0 Å². The first kappa shape index (κ1) is 19.7. The van der Waals surface area contributed by atoms with Gasteiger partial charge in [0, 0.05) is 28.4 Å². The van der Waals surface area contributed by atoms with Crippen molar-refractivity contribution in [1.82, 2.24) is 10.2 Å². The van der Waals surface area contributed by atoms with E-state index >= 15 is 0 Å². The molecular formula is C20H23ClN2O3S. The third kappa shape index (κ3) is 3.98. The van der Waals surface area contributed by atoms with Crippen molar-refractivity contribution in [1.29, 1.82) is 0 Å². The summed E-state index contributed by atoms with van der Waals surface area (Å²) in [5.74, 6) is 1.55. The topological polar surface area (TPSA) is 50.8 Å². The lowest BCUT2D eigenvalue weighted by Gasteiger charge is -2.23. The van der Waals surface area contributed by atoms with Gasteiger partial charge in [0.1, 0.15) is 12.6 Å². The maximum absolute atomic E-state index is 12.8. The summed E-state index contributed by atoms with van der Waals surface area (Å²) in [6.45, 7) is 4.39. The molecule has 5 nitrogen and oxygen atoms in total. The number of carbonyl (C=O) groups excluding carboxylic acids is 1. The molecule has 1 aromatic carbocycles. The summed E-state index contributed by atoms with van der Waals surface area (Å²) in [5, 5.41) is 3.19. The highest BCUT2D eigenvalue weighted by atomic mass is 35.5. The Labute approximate surface area is 169 Å². The van der Waals surface area contributed by atoms with Crippen molar-refractivity contribution in [2.45, 2.75) is 19.5 Å². The predicted octanol–water partition coefficient (Wildman–Crippen LogP) is 3.40. The van der Waals surface area contributed by atoms with Crippen LogP contribution in [0, 0.1) is 6.92 Å². The Hall–Kier alpha value is -2.02. The minimum absolute atomic E-state index is 0. The van der Waals surface area contributed by atoms with Gasteiger partial charge >= 0.3 is 0 Å². The smallest absolute Gasteiger partial charge is 0.244 e. The van der Waals surface area contributed by atoms with Gasteiger partial charge in [0.2, 0.25) is 5.91 Å². The van der Waals surface area contributed by atoms with Crippen LogP contribution in [0.25, 0.3) is 10.4 Å². The second-order valence-electron chi connectivity index (χ2n) is 6.50. The molecule has 0 aliphatic carbocycles. The van der Waals surface area contributed by atoms with Crippen LogP contribution in [0.2, 0.25) is 0 Å². The van der Waals surface area contributed by atoms with Gasteiger partial charge < -0.3 is 14.4 Å². The molecule has 2 aliphatic rings. The Morgan fingerprint density at radius 3 is 2.89 bits per heavy atom. The molecule has 0 radical (unpaired) electrons. The molecule has 1 aromatic heterocycles. The molecule has 3 heterocycles. The van der Waals surface area contributed by atoms with Crippen LogP contribution in [0.4, 0.5) is 0 Å². The molecule has 7 heteroatoms. The fraction of sp³-hybridized carbons (Fsp3) is 0.350. The van der Waals surface area contributed by atoms with Crippen molar-refractivity contribution in [3.8, 4) is 21.9 Å². The van der Waals surface area contributed by atoms with Crippen LogP contribution in [-0.2, 0) is 11.3 Å². The van der Waals surface area contributed by atoms with Crippen molar-refractivity contribution < 1.29 is 14.3 Å². The van der Waals surface area contributed by atoms with E-state index in [1.54, 1.807) is 18.4 Å². The molecule has 1 amide bonds. The zero-order valence-electron chi connectivity index (χ0n) is 15.4. The number of fused-ring (bicyclic) bond motifs is 1. The van der Waals surface area contributed by atoms with E-state index in [1.165, 1.54) is 9.75 Å². The summed E-state index contributed by atoms with van der Waals surface area (Å²) in [4.78, 5) is 17.1. The molecule has 1 unspecified atom stereocenters. The van der Waals surface area contributed by atoms with Crippen molar-refractivity contribution in [3.05, 3.63) is 46.9 Å². The third-order valence-corrected chi connectivity index (χ3v) is 5.76. The molecule has 0 saturated heterocycles. The number of rotatable bonds is 3. The van der Waals surface area contributed by atoms with Gasteiger partial charge in [-0.1, -0.05) is 12.2 Å². The number of nitrogens with one attached hydrogen (secondary N) is 1. The molecule has 0 bridgehead atoms. The average molecular weight is 407 g/mol. The number of aryl methyl sites for hydroxylation is 1. The molecule has 0 saturated carbocycles. The first-order valence-corrected chi connectivity index (χ1v) is 9.56. The zero-order valence-corrected chi connectivity index (χ0v) is 17.0. The monoisotopic (exact) mass is 406 g/mol. The molecule has 144 valence electrons. The Kier molecular flexibility index (Phi) is 6.09. The summed E-state index contributed by atoms with van der Waals surface area (Å²) < 4.78 is 11.5. The number of thiophene rings is 1. The minimum atomic E-state index is -0.235. The van der Waals surface area contributed by atoms with Crippen molar-refractivity contribution >= 4 is 29.7 Å². The molecule has 0 spiro atoms. The zero-order chi connectivity index (χ0) is 18.1. The quantitative estimate of drug-likeness (QED) is 0.794. The molecule has 27 heavy (non-hydrogen) atoms. The highest BCUT2D eigenvalue weighted by Gasteiger charge is 2.28. The van der Waals surface area contributed by atoms with Crippen molar-refractivity contribution in [3.63, 3.8) is 0 Å². The van der Waals surface area contributed by atoms with Crippen LogP contribution in [0.3, 0.4) is 0 Å². The lowest BCUT2D eigenvalue weighted by molar-refractivity contribution is -0.132. The number of carbonyl (C=O) groups is 1. The Morgan fingerprint density at radius 2 is 2.22 bits per heavy atom. The maximum atomic E-state index is 12.8. The number of methoxy groups -OCH3 is 1. The predicted molar refractivity (Wildman–Crippen MR) is 110 cm³/mol. The van der Waals surface area contributed by atoms with Crippen LogP contribution < -0.4 is 14.8 Å². The standard InChI is InChI=1S/C20H22N2O3S.ClH/c1-13-5-6-18(26-13)14-10-15-12-22(20(23)16-4-3-7-21-16)8-9-25-19(15)17(11-14)24-2;/h3-6,10-11,16,21H,7-9,12H2,1-2H3;1H. The fourth-order valence-corrected chi connectivity index (χ4v) is 4.24. The van der Waals surface area contributed by atoms with Gasteiger partial charge in [0.05, 0.1) is 13.7 Å². The highest BCUT2D eigenvalue weighted by Crippen LogP contribution is 2.40. The van der Waals surface area contributed by atoms with Crippen LogP contribution in [-0.4, -0.2) is 43.7 Å². The van der Waals surface area contributed by atoms with E-state index in [1.807, 2.05) is 23.1 Å². The van der Waals surface area contributed by atoms with Crippen molar-refractivity contribution in [2.24, 2.45) is 0 Å². The normalized spacial score (nSPS) is 18.3. The number of nitrogens with zero attached hydrogens (tertiary/aromatic N) is 1. The van der Waals surface area contributed by atoms with Gasteiger partial charge in [-0.25, -0.2) is 0 Å². The van der Waals surface area contributed by atoms with Gasteiger partial charge in [-0.15, -0.1) is 23.7 Å². The maximum Gasteiger partial charge on any atom is 0.244 e. The van der Waals surface area contributed by atoms with E-state index in [0.29, 0.717) is 19.7 Å². The van der Waals surface area contributed by atoms with Gasteiger partial charge in [-0.3, -0.25) is 10.1 Å². The molecular weight excluding hydrogens is 384 g/mol.